The van der Waals surface area contributed by atoms with Gasteiger partial charge in [0, 0.05) is 0 Å². The Balaban J connectivity index is 3.10. The first-order valence-corrected chi connectivity index (χ1v) is 5.51. The van der Waals surface area contributed by atoms with Gasteiger partial charge in [-0.2, -0.15) is 0 Å². The highest BCUT2D eigenvalue weighted by Crippen LogP contribution is 2.31. The van der Waals surface area contributed by atoms with Crippen molar-refractivity contribution >= 4 is 7.92 Å². The topological polar surface area (TPSA) is 0 Å². The van der Waals surface area contributed by atoms with Crippen LogP contribution in [-0.2, 0) is 0 Å². The molecule has 0 aliphatic rings. The molecule has 0 radical (unpaired) electrons. The van der Waals surface area contributed by atoms with Gasteiger partial charge in [-0.05, 0) is 24.9 Å². The lowest BCUT2D eigenvalue weighted by Crippen LogP contribution is -1.93. The number of hydrogen-bond acceptors (Lipinski definition) is 0. The minimum atomic E-state index is 0.382. The van der Waals surface area contributed by atoms with Gasteiger partial charge in [0.05, 0.1) is 0 Å². The highest BCUT2D eigenvalue weighted by Gasteiger charge is 1.99. The smallest absolute Gasteiger partial charge is 0.0305 e. The molecule has 0 aromatic heterocycles. The molecule has 0 N–H and O–H groups in total. The van der Waals surface area contributed by atoms with Crippen LogP contribution in [0.1, 0.15) is 20.8 Å². The van der Waals surface area contributed by atoms with E-state index >= 15 is 0 Å². The van der Waals surface area contributed by atoms with Gasteiger partial charge >= 0.3 is 0 Å². The van der Waals surface area contributed by atoms with Crippen LogP contribution in [0.3, 0.4) is 0 Å². The monoisotopic (exact) mass is 132 g/mol. The third-order valence-corrected chi connectivity index (χ3v) is 3.65. The van der Waals surface area contributed by atoms with Crippen molar-refractivity contribution in [2.75, 3.05) is 19.0 Å². The van der Waals surface area contributed by atoms with Gasteiger partial charge < -0.3 is 0 Å². The van der Waals surface area contributed by atoms with E-state index in [2.05, 4.69) is 27.4 Å². The molecule has 0 fully saturated rings. The first-order valence-electron chi connectivity index (χ1n) is 3.35. The average Bonchev–Trinajstić information content (AvgIpc) is 1.65. The summed E-state index contributed by atoms with van der Waals surface area (Å²) in [5.41, 5.74) is 0. The highest BCUT2D eigenvalue weighted by molar-refractivity contribution is 7.56. The summed E-state index contributed by atoms with van der Waals surface area (Å²) in [6.45, 7) is 9.27. The molecule has 0 amide bonds. The average molecular weight is 132 g/mol. The Kier molecular flexibility index (Phi) is 4.56. The van der Waals surface area contributed by atoms with Crippen LogP contribution in [0.5, 0.6) is 0 Å². The van der Waals surface area contributed by atoms with Crippen LogP contribution in [0.25, 0.3) is 0 Å². The van der Waals surface area contributed by atoms with Crippen molar-refractivity contribution in [2.45, 2.75) is 20.8 Å². The van der Waals surface area contributed by atoms with Crippen molar-refractivity contribution < 1.29 is 0 Å². The van der Waals surface area contributed by atoms with Crippen molar-refractivity contribution in [2.24, 2.45) is 5.92 Å². The SMILES string of the molecule is CCP(C)CC(C)C. The first-order chi connectivity index (χ1) is 3.66. The summed E-state index contributed by atoms with van der Waals surface area (Å²) >= 11 is 0. The van der Waals surface area contributed by atoms with Crippen LogP contribution >= 0.6 is 7.92 Å². The van der Waals surface area contributed by atoms with E-state index < -0.39 is 0 Å². The summed E-state index contributed by atoms with van der Waals surface area (Å²) in [6.07, 6.45) is 2.85. The maximum absolute atomic E-state index is 2.38. The Bertz CT molecular complexity index is 50.3. The molecule has 0 spiro atoms. The number of rotatable bonds is 3. The second kappa shape index (κ2) is 4.32. The van der Waals surface area contributed by atoms with E-state index in [1.807, 2.05) is 0 Å². The minimum Gasteiger partial charge on any atom is -0.110 e. The van der Waals surface area contributed by atoms with E-state index in [1.54, 1.807) is 0 Å². The van der Waals surface area contributed by atoms with Gasteiger partial charge in [-0.3, -0.25) is 0 Å². The molecule has 0 saturated carbocycles. The third kappa shape index (κ3) is 4.59. The Morgan fingerprint density at radius 3 is 2.00 bits per heavy atom. The van der Waals surface area contributed by atoms with Gasteiger partial charge in [-0.1, -0.05) is 20.8 Å². The fourth-order valence-corrected chi connectivity index (χ4v) is 2.26. The van der Waals surface area contributed by atoms with Gasteiger partial charge in [0.15, 0.2) is 0 Å². The summed E-state index contributed by atoms with van der Waals surface area (Å²) in [4.78, 5) is 0. The molecule has 1 atom stereocenters. The van der Waals surface area contributed by atoms with E-state index in [-0.39, 0.29) is 0 Å². The van der Waals surface area contributed by atoms with E-state index in [1.165, 1.54) is 12.3 Å². The van der Waals surface area contributed by atoms with Gasteiger partial charge in [-0.15, -0.1) is 7.92 Å². The van der Waals surface area contributed by atoms with Gasteiger partial charge in [0.25, 0.3) is 0 Å². The summed E-state index contributed by atoms with van der Waals surface area (Å²) in [5, 5.41) is 0. The zero-order valence-electron chi connectivity index (χ0n) is 6.44. The second-order valence-corrected chi connectivity index (χ2v) is 5.46. The van der Waals surface area contributed by atoms with Crippen molar-refractivity contribution in [1.82, 2.24) is 0 Å². The lowest BCUT2D eigenvalue weighted by atomic mass is 10.3. The Hall–Kier alpha value is 0.430. The summed E-state index contributed by atoms with van der Waals surface area (Å²) in [6, 6.07) is 0. The summed E-state index contributed by atoms with van der Waals surface area (Å²) in [5.74, 6) is 0.908. The molecule has 0 rings (SSSR count). The van der Waals surface area contributed by atoms with Crippen LogP contribution in [0.2, 0.25) is 0 Å². The summed E-state index contributed by atoms with van der Waals surface area (Å²) in [7, 11) is 0.382. The lowest BCUT2D eigenvalue weighted by Gasteiger charge is -2.10. The zero-order chi connectivity index (χ0) is 6.57. The van der Waals surface area contributed by atoms with Crippen LogP contribution in [0.15, 0.2) is 0 Å². The van der Waals surface area contributed by atoms with E-state index in [9.17, 15) is 0 Å². The molecular weight excluding hydrogens is 115 g/mol. The quantitative estimate of drug-likeness (QED) is 0.518. The van der Waals surface area contributed by atoms with E-state index in [4.69, 9.17) is 0 Å². The maximum atomic E-state index is 2.38. The molecule has 1 unspecified atom stereocenters. The maximum Gasteiger partial charge on any atom is -0.0305 e. The molecule has 0 aliphatic heterocycles. The molecule has 0 aliphatic carbocycles. The summed E-state index contributed by atoms with van der Waals surface area (Å²) < 4.78 is 0. The molecule has 0 aromatic carbocycles. The van der Waals surface area contributed by atoms with Crippen molar-refractivity contribution in [3.8, 4) is 0 Å². The Morgan fingerprint density at radius 1 is 1.38 bits per heavy atom. The van der Waals surface area contributed by atoms with Gasteiger partial charge in [0.1, 0.15) is 0 Å². The van der Waals surface area contributed by atoms with Crippen LogP contribution in [0.4, 0.5) is 0 Å². The van der Waals surface area contributed by atoms with Crippen LogP contribution < -0.4 is 0 Å². The Labute approximate surface area is 54.4 Å². The molecule has 0 nitrogen and oxygen atoms in total. The van der Waals surface area contributed by atoms with E-state index in [0.29, 0.717) is 7.92 Å². The standard InChI is InChI=1S/C7H17P/c1-5-8(4)6-7(2)3/h7H,5-6H2,1-4H3. The molecule has 8 heavy (non-hydrogen) atoms. The van der Waals surface area contributed by atoms with Crippen molar-refractivity contribution in [1.29, 1.82) is 0 Å². The zero-order valence-corrected chi connectivity index (χ0v) is 7.33. The fraction of sp³-hybridized carbons (Fsp3) is 1.00. The van der Waals surface area contributed by atoms with Gasteiger partial charge in [0.2, 0.25) is 0 Å². The normalized spacial score (nSPS) is 14.6. The molecular formula is C7H17P. The van der Waals surface area contributed by atoms with E-state index in [0.717, 1.165) is 5.92 Å². The van der Waals surface area contributed by atoms with Crippen LogP contribution in [0, 0.1) is 5.92 Å². The molecule has 0 bridgehead atoms. The predicted molar refractivity (Wildman–Crippen MR) is 43.1 cm³/mol. The molecule has 1 heteroatoms. The number of hydrogen-bond donors (Lipinski definition) is 0. The highest BCUT2D eigenvalue weighted by atomic mass is 31.1. The van der Waals surface area contributed by atoms with Crippen molar-refractivity contribution in [3.05, 3.63) is 0 Å². The Morgan fingerprint density at radius 2 is 1.88 bits per heavy atom. The molecule has 0 saturated heterocycles. The van der Waals surface area contributed by atoms with Crippen LogP contribution in [-0.4, -0.2) is 19.0 Å². The van der Waals surface area contributed by atoms with Gasteiger partial charge in [-0.25, -0.2) is 0 Å². The minimum absolute atomic E-state index is 0.382. The molecule has 0 aromatic rings. The fourth-order valence-electron chi connectivity index (χ4n) is 0.752. The largest absolute Gasteiger partial charge is 0.110 e. The third-order valence-electron chi connectivity index (χ3n) is 1.22. The van der Waals surface area contributed by atoms with Crippen molar-refractivity contribution in [3.63, 3.8) is 0 Å². The molecule has 0 heterocycles. The lowest BCUT2D eigenvalue weighted by molar-refractivity contribution is 0.745. The second-order valence-electron chi connectivity index (χ2n) is 2.75. The molecule has 50 valence electrons. The predicted octanol–water partition coefficient (Wildman–Crippen LogP) is 2.77. The first kappa shape index (κ1) is 8.43.